The monoisotopic (exact) mass is 307 g/mol. The molecule has 21 heavy (non-hydrogen) atoms. The van der Waals surface area contributed by atoms with Crippen LogP contribution in [0.3, 0.4) is 0 Å². The van der Waals surface area contributed by atoms with Gasteiger partial charge in [0, 0.05) is 25.1 Å². The molecule has 1 aromatic carbocycles. The van der Waals surface area contributed by atoms with Crippen molar-refractivity contribution in [2.24, 2.45) is 5.92 Å². The maximum Gasteiger partial charge on any atom is 0.223 e. The molecule has 0 bridgehead atoms. The van der Waals surface area contributed by atoms with E-state index in [1.54, 1.807) is 7.11 Å². The van der Waals surface area contributed by atoms with Gasteiger partial charge in [0.15, 0.2) is 0 Å². The molecule has 2 aromatic rings. The summed E-state index contributed by atoms with van der Waals surface area (Å²) in [6.07, 6.45) is 2.04. The Hall–Kier alpha value is -1.75. The van der Waals surface area contributed by atoms with Gasteiger partial charge in [-0.05, 0) is 25.0 Å². The van der Waals surface area contributed by atoms with Crippen LogP contribution in [-0.2, 0) is 17.2 Å². The van der Waals surface area contributed by atoms with Crippen molar-refractivity contribution in [2.45, 2.75) is 25.3 Å². The molecule has 0 radical (unpaired) electrons. The van der Waals surface area contributed by atoms with Gasteiger partial charge in [0.2, 0.25) is 5.91 Å². The van der Waals surface area contributed by atoms with Crippen LogP contribution in [0.2, 0.25) is 0 Å². The third-order valence-corrected chi connectivity index (χ3v) is 3.98. The second-order valence-corrected chi connectivity index (χ2v) is 5.50. The smallest absolute Gasteiger partial charge is 0.223 e. The molecule has 1 amide bonds. The molecule has 0 aliphatic heterocycles. The van der Waals surface area contributed by atoms with E-state index < -0.39 is 0 Å². The fourth-order valence-electron chi connectivity index (χ4n) is 2.42. The van der Waals surface area contributed by atoms with E-state index in [1.807, 2.05) is 18.2 Å². The zero-order chi connectivity index (χ0) is 14.8. The van der Waals surface area contributed by atoms with Crippen molar-refractivity contribution < 1.29 is 9.53 Å². The van der Waals surface area contributed by atoms with Crippen molar-refractivity contribution in [3.8, 4) is 5.75 Å². The van der Waals surface area contributed by atoms with E-state index >= 15 is 0 Å². The second-order valence-electron chi connectivity index (χ2n) is 5.23. The number of amides is 1. The lowest BCUT2D eigenvalue weighted by atomic mass is 10.3. The molecule has 0 spiro atoms. The first-order chi connectivity index (χ1) is 10.2. The summed E-state index contributed by atoms with van der Waals surface area (Å²) in [4.78, 5) is 16.2. The highest BCUT2D eigenvalue weighted by Gasteiger charge is 2.29. The van der Waals surface area contributed by atoms with Gasteiger partial charge in [-0.25, -0.2) is 4.98 Å². The summed E-state index contributed by atoms with van der Waals surface area (Å²) >= 11 is 5.98. The molecule has 1 aliphatic carbocycles. The van der Waals surface area contributed by atoms with Crippen LogP contribution in [0.1, 0.15) is 18.7 Å². The van der Waals surface area contributed by atoms with Gasteiger partial charge in [0.1, 0.15) is 11.6 Å². The topological polar surface area (TPSA) is 56.1 Å². The molecule has 112 valence electrons. The number of nitrogens with zero attached hydrogens (tertiary/aromatic N) is 2. The number of benzene rings is 1. The van der Waals surface area contributed by atoms with Crippen molar-refractivity contribution in [1.29, 1.82) is 0 Å². The van der Waals surface area contributed by atoms with E-state index in [0.29, 0.717) is 19.0 Å². The SMILES string of the molecule is COc1ccc2c(c1)nc(CCl)n2CCNC(=O)C1CC1. The Bertz CT molecular complexity index is 664. The van der Waals surface area contributed by atoms with Crippen LogP contribution < -0.4 is 10.1 Å². The van der Waals surface area contributed by atoms with Crippen molar-refractivity contribution in [1.82, 2.24) is 14.9 Å². The average molecular weight is 308 g/mol. The fourth-order valence-corrected chi connectivity index (χ4v) is 2.62. The predicted molar refractivity (Wildman–Crippen MR) is 81.6 cm³/mol. The molecular weight excluding hydrogens is 290 g/mol. The predicted octanol–water partition coefficient (Wildman–Crippen LogP) is 2.31. The van der Waals surface area contributed by atoms with E-state index in [0.717, 1.165) is 35.4 Å². The highest BCUT2D eigenvalue weighted by atomic mass is 35.5. The standard InChI is InChI=1S/C15H18ClN3O2/c1-21-11-4-5-13-12(8-11)18-14(9-16)19(13)7-6-17-15(20)10-2-3-10/h4-5,8,10H,2-3,6-7,9H2,1H3,(H,17,20). The molecule has 1 aliphatic rings. The van der Waals surface area contributed by atoms with E-state index in [2.05, 4.69) is 14.9 Å². The van der Waals surface area contributed by atoms with Gasteiger partial charge < -0.3 is 14.6 Å². The second kappa shape index (κ2) is 5.93. The Morgan fingerprint density at radius 3 is 3.00 bits per heavy atom. The number of nitrogens with one attached hydrogen (secondary N) is 1. The minimum atomic E-state index is 0.161. The van der Waals surface area contributed by atoms with Gasteiger partial charge in [-0.1, -0.05) is 0 Å². The maximum absolute atomic E-state index is 11.7. The summed E-state index contributed by atoms with van der Waals surface area (Å²) in [6.45, 7) is 1.26. The van der Waals surface area contributed by atoms with Gasteiger partial charge in [-0.15, -0.1) is 11.6 Å². The highest BCUT2D eigenvalue weighted by Crippen LogP contribution is 2.28. The largest absolute Gasteiger partial charge is 0.497 e. The quantitative estimate of drug-likeness (QED) is 0.833. The first-order valence-electron chi connectivity index (χ1n) is 7.09. The van der Waals surface area contributed by atoms with E-state index in [9.17, 15) is 4.79 Å². The third kappa shape index (κ3) is 2.97. The van der Waals surface area contributed by atoms with Gasteiger partial charge >= 0.3 is 0 Å². The Balaban J connectivity index is 1.77. The first-order valence-corrected chi connectivity index (χ1v) is 7.63. The molecule has 1 heterocycles. The molecule has 1 aromatic heterocycles. The number of methoxy groups -OCH3 is 1. The fraction of sp³-hybridized carbons (Fsp3) is 0.467. The Morgan fingerprint density at radius 1 is 1.52 bits per heavy atom. The Labute approximate surface area is 128 Å². The first kappa shape index (κ1) is 14.2. The average Bonchev–Trinajstić information content (AvgIpc) is 3.29. The Kier molecular flexibility index (Phi) is 4.01. The molecular formula is C15H18ClN3O2. The molecule has 3 rings (SSSR count). The lowest BCUT2D eigenvalue weighted by Gasteiger charge is -2.09. The van der Waals surface area contributed by atoms with Crippen molar-refractivity contribution in [3.05, 3.63) is 24.0 Å². The zero-order valence-electron chi connectivity index (χ0n) is 11.9. The normalized spacial score (nSPS) is 14.4. The molecule has 0 saturated heterocycles. The van der Waals surface area contributed by atoms with Crippen LogP contribution in [0.25, 0.3) is 11.0 Å². The minimum absolute atomic E-state index is 0.161. The van der Waals surface area contributed by atoms with Crippen LogP contribution in [0.4, 0.5) is 0 Å². The number of fused-ring (bicyclic) bond motifs is 1. The van der Waals surface area contributed by atoms with Crippen LogP contribution in [0.5, 0.6) is 5.75 Å². The summed E-state index contributed by atoms with van der Waals surface area (Å²) in [5.74, 6) is 2.32. The lowest BCUT2D eigenvalue weighted by Crippen LogP contribution is -2.28. The summed E-state index contributed by atoms with van der Waals surface area (Å²) in [5, 5.41) is 2.97. The van der Waals surface area contributed by atoms with Crippen molar-refractivity contribution >= 4 is 28.5 Å². The number of rotatable bonds is 6. The molecule has 1 N–H and O–H groups in total. The van der Waals surface area contributed by atoms with Crippen LogP contribution >= 0.6 is 11.6 Å². The molecule has 1 fully saturated rings. The number of imidazole rings is 1. The summed E-state index contributed by atoms with van der Waals surface area (Å²) in [5.41, 5.74) is 1.87. The molecule has 5 nitrogen and oxygen atoms in total. The summed E-state index contributed by atoms with van der Waals surface area (Å²) in [7, 11) is 1.63. The van der Waals surface area contributed by atoms with Gasteiger partial charge in [-0.2, -0.15) is 0 Å². The number of alkyl halides is 1. The number of carbonyl (C=O) groups is 1. The molecule has 0 unspecified atom stereocenters. The number of halogens is 1. The van der Waals surface area contributed by atoms with Gasteiger partial charge in [-0.3, -0.25) is 4.79 Å². The minimum Gasteiger partial charge on any atom is -0.497 e. The number of carbonyl (C=O) groups excluding carboxylic acids is 1. The zero-order valence-corrected chi connectivity index (χ0v) is 12.7. The lowest BCUT2D eigenvalue weighted by molar-refractivity contribution is -0.122. The summed E-state index contributed by atoms with van der Waals surface area (Å²) < 4.78 is 7.26. The van der Waals surface area contributed by atoms with Crippen LogP contribution in [-0.4, -0.2) is 29.1 Å². The van der Waals surface area contributed by atoms with Crippen LogP contribution in [0, 0.1) is 5.92 Å². The number of hydrogen-bond donors (Lipinski definition) is 1. The van der Waals surface area contributed by atoms with E-state index in [4.69, 9.17) is 16.3 Å². The number of aromatic nitrogens is 2. The van der Waals surface area contributed by atoms with Crippen LogP contribution in [0.15, 0.2) is 18.2 Å². The van der Waals surface area contributed by atoms with Crippen molar-refractivity contribution in [2.75, 3.05) is 13.7 Å². The molecule has 6 heteroatoms. The van der Waals surface area contributed by atoms with E-state index in [-0.39, 0.29) is 11.8 Å². The maximum atomic E-state index is 11.7. The summed E-state index contributed by atoms with van der Waals surface area (Å²) in [6, 6.07) is 5.77. The number of hydrogen-bond acceptors (Lipinski definition) is 3. The third-order valence-electron chi connectivity index (χ3n) is 3.74. The van der Waals surface area contributed by atoms with Gasteiger partial charge in [0.25, 0.3) is 0 Å². The molecule has 1 saturated carbocycles. The van der Waals surface area contributed by atoms with Crippen molar-refractivity contribution in [3.63, 3.8) is 0 Å². The molecule has 0 atom stereocenters. The van der Waals surface area contributed by atoms with E-state index in [1.165, 1.54) is 0 Å². The highest BCUT2D eigenvalue weighted by molar-refractivity contribution is 6.16. The Morgan fingerprint density at radius 2 is 2.33 bits per heavy atom. The van der Waals surface area contributed by atoms with Gasteiger partial charge in [0.05, 0.1) is 24.0 Å². The number of ether oxygens (including phenoxy) is 1.